The quantitative estimate of drug-likeness (QED) is 0.101. The van der Waals surface area contributed by atoms with Gasteiger partial charge in [0, 0.05) is 5.56 Å². The van der Waals surface area contributed by atoms with Crippen molar-refractivity contribution in [3.8, 4) is 33.8 Å². The third-order valence-electron chi connectivity index (χ3n) is 6.75. The second-order valence-electron chi connectivity index (χ2n) is 9.83. The molecule has 0 aliphatic heterocycles. The van der Waals surface area contributed by atoms with Gasteiger partial charge in [-0.05, 0) is 60.4 Å². The van der Waals surface area contributed by atoms with Gasteiger partial charge in [-0.25, -0.2) is 18.0 Å². The van der Waals surface area contributed by atoms with Crippen LogP contribution >= 0.6 is 0 Å². The Morgan fingerprint density at radius 2 is 1.35 bits per heavy atom. The Bertz CT molecular complexity index is 1430. The summed E-state index contributed by atoms with van der Waals surface area (Å²) < 4.78 is 55.0. The number of esters is 1. The van der Waals surface area contributed by atoms with Gasteiger partial charge in [0.15, 0.2) is 23.2 Å². The first-order valence-corrected chi connectivity index (χ1v) is 13.7. The fraction of sp³-hybridized carbons (Fsp3) is 0.265. The van der Waals surface area contributed by atoms with Crippen LogP contribution in [-0.4, -0.2) is 12.6 Å². The number of carbonyl (C=O) groups excluding carboxylic acids is 1. The predicted octanol–water partition coefficient (Wildman–Crippen LogP) is 9.70. The molecule has 0 heterocycles. The number of rotatable bonds is 12. The number of hydrogen-bond donors (Lipinski definition) is 0. The number of aryl methyl sites for hydroxylation is 1. The minimum Gasteiger partial charge on any atom is -0.491 e. The molecule has 0 amide bonds. The van der Waals surface area contributed by atoms with E-state index < -0.39 is 29.0 Å². The van der Waals surface area contributed by atoms with Crippen LogP contribution in [0, 0.1) is 24.4 Å². The van der Waals surface area contributed by atoms with Crippen LogP contribution in [0.4, 0.5) is 13.2 Å². The second-order valence-corrected chi connectivity index (χ2v) is 9.83. The van der Waals surface area contributed by atoms with E-state index in [2.05, 4.69) is 6.92 Å². The van der Waals surface area contributed by atoms with Crippen molar-refractivity contribution in [2.24, 2.45) is 0 Å². The Kier molecular flexibility index (Phi) is 10.0. The Morgan fingerprint density at radius 3 is 2.05 bits per heavy atom. The first kappa shape index (κ1) is 28.9. The molecule has 0 aromatic heterocycles. The third-order valence-corrected chi connectivity index (χ3v) is 6.75. The summed E-state index contributed by atoms with van der Waals surface area (Å²) in [6.07, 6.45) is 6.77. The van der Waals surface area contributed by atoms with Crippen LogP contribution in [0.5, 0.6) is 11.5 Å². The van der Waals surface area contributed by atoms with E-state index in [1.807, 2.05) is 6.92 Å². The van der Waals surface area contributed by atoms with Crippen LogP contribution < -0.4 is 9.47 Å². The van der Waals surface area contributed by atoms with E-state index in [9.17, 15) is 18.0 Å². The molecule has 208 valence electrons. The van der Waals surface area contributed by atoms with Crippen molar-refractivity contribution in [3.05, 3.63) is 107 Å². The monoisotopic (exact) mass is 546 g/mol. The molecule has 0 aliphatic rings. The van der Waals surface area contributed by atoms with Gasteiger partial charge in [-0.3, -0.25) is 0 Å². The number of carbonyl (C=O) groups is 1. The zero-order valence-corrected chi connectivity index (χ0v) is 22.8. The average Bonchev–Trinajstić information content (AvgIpc) is 2.95. The molecule has 0 saturated carbocycles. The standard InChI is InChI=1S/C34H33F3O3/c1-3-4-5-6-7-8-21-39-31-20-15-26(22-30(31)35)24-13-16-27(17-14-24)40-34(38)29-19-18-28(32(36)33(29)37)25-11-9-23(2)10-12-25/h9-20,22H,3-8,21H2,1-2H3. The maximum atomic E-state index is 14.8. The number of ether oxygens (including phenoxy) is 2. The summed E-state index contributed by atoms with van der Waals surface area (Å²) in [5.41, 5.74) is 2.38. The highest BCUT2D eigenvalue weighted by Gasteiger charge is 2.21. The zero-order valence-electron chi connectivity index (χ0n) is 22.8. The maximum Gasteiger partial charge on any atom is 0.346 e. The molecule has 0 atom stereocenters. The van der Waals surface area contributed by atoms with E-state index in [1.165, 1.54) is 49.6 Å². The molecule has 0 N–H and O–H groups in total. The normalized spacial score (nSPS) is 10.9. The van der Waals surface area contributed by atoms with Crippen LogP contribution in [0.1, 0.15) is 61.4 Å². The van der Waals surface area contributed by atoms with Crippen molar-refractivity contribution in [1.29, 1.82) is 0 Å². The smallest absolute Gasteiger partial charge is 0.346 e. The van der Waals surface area contributed by atoms with Crippen LogP contribution in [0.2, 0.25) is 0 Å². The van der Waals surface area contributed by atoms with Crippen molar-refractivity contribution < 1.29 is 27.4 Å². The minimum absolute atomic E-state index is 0.0597. The van der Waals surface area contributed by atoms with Gasteiger partial charge >= 0.3 is 5.97 Å². The van der Waals surface area contributed by atoms with E-state index in [-0.39, 0.29) is 17.1 Å². The van der Waals surface area contributed by atoms with E-state index >= 15 is 0 Å². The molecule has 0 aliphatic carbocycles. The summed E-state index contributed by atoms with van der Waals surface area (Å²) in [5.74, 6) is -3.49. The molecule has 6 heteroatoms. The van der Waals surface area contributed by atoms with Crippen LogP contribution in [0.15, 0.2) is 78.9 Å². The molecule has 4 rings (SSSR count). The summed E-state index contributed by atoms with van der Waals surface area (Å²) in [5, 5.41) is 0. The highest BCUT2D eigenvalue weighted by Crippen LogP contribution is 2.29. The molecule has 40 heavy (non-hydrogen) atoms. The van der Waals surface area contributed by atoms with Crippen molar-refractivity contribution in [2.75, 3.05) is 6.61 Å². The lowest BCUT2D eigenvalue weighted by atomic mass is 10.0. The van der Waals surface area contributed by atoms with Gasteiger partial charge in [0.25, 0.3) is 0 Å². The molecule has 0 fully saturated rings. The molecule has 0 saturated heterocycles. The number of hydrogen-bond acceptors (Lipinski definition) is 3. The Morgan fingerprint density at radius 1 is 0.700 bits per heavy atom. The van der Waals surface area contributed by atoms with E-state index in [1.54, 1.807) is 48.5 Å². The third kappa shape index (κ3) is 7.32. The Balaban J connectivity index is 1.36. The molecule has 0 radical (unpaired) electrons. The molecule has 0 bridgehead atoms. The topological polar surface area (TPSA) is 35.5 Å². The first-order chi connectivity index (χ1) is 19.4. The molecular formula is C34H33F3O3. The highest BCUT2D eigenvalue weighted by molar-refractivity contribution is 5.92. The van der Waals surface area contributed by atoms with Crippen molar-refractivity contribution in [3.63, 3.8) is 0 Å². The summed E-state index contributed by atoms with van der Waals surface area (Å²) in [6.45, 7) is 4.55. The molecule has 0 unspecified atom stereocenters. The Hall–Kier alpha value is -4.06. The molecule has 0 spiro atoms. The SMILES string of the molecule is CCCCCCCCOc1ccc(-c2ccc(OC(=O)c3ccc(-c4ccc(C)cc4)c(F)c3F)cc2)cc1F. The lowest BCUT2D eigenvalue weighted by Crippen LogP contribution is -2.12. The van der Waals surface area contributed by atoms with Gasteiger partial charge < -0.3 is 9.47 Å². The largest absolute Gasteiger partial charge is 0.491 e. The van der Waals surface area contributed by atoms with E-state index in [0.717, 1.165) is 24.8 Å². The van der Waals surface area contributed by atoms with Gasteiger partial charge in [0.2, 0.25) is 0 Å². The van der Waals surface area contributed by atoms with Crippen molar-refractivity contribution >= 4 is 5.97 Å². The second kappa shape index (κ2) is 13.8. The molecule has 4 aromatic carbocycles. The molecular weight excluding hydrogens is 513 g/mol. The fourth-order valence-electron chi connectivity index (χ4n) is 4.40. The van der Waals surface area contributed by atoms with Crippen molar-refractivity contribution in [1.82, 2.24) is 0 Å². The van der Waals surface area contributed by atoms with Gasteiger partial charge in [-0.2, -0.15) is 0 Å². The minimum atomic E-state index is -1.27. The molecule has 3 nitrogen and oxygen atoms in total. The van der Waals surface area contributed by atoms with Crippen LogP contribution in [0.25, 0.3) is 22.3 Å². The van der Waals surface area contributed by atoms with Gasteiger partial charge in [-0.1, -0.05) is 93.1 Å². The average molecular weight is 547 g/mol. The number of benzene rings is 4. The molecule has 4 aromatic rings. The van der Waals surface area contributed by atoms with Gasteiger partial charge in [0.1, 0.15) is 5.75 Å². The predicted molar refractivity (Wildman–Crippen MR) is 152 cm³/mol. The van der Waals surface area contributed by atoms with Crippen LogP contribution in [0.3, 0.4) is 0 Å². The van der Waals surface area contributed by atoms with E-state index in [0.29, 0.717) is 23.3 Å². The highest BCUT2D eigenvalue weighted by atomic mass is 19.2. The maximum absolute atomic E-state index is 14.8. The van der Waals surface area contributed by atoms with Gasteiger partial charge in [0.05, 0.1) is 12.2 Å². The summed E-state index contributed by atoms with van der Waals surface area (Å²) in [4.78, 5) is 12.6. The first-order valence-electron chi connectivity index (χ1n) is 13.7. The zero-order chi connectivity index (χ0) is 28.5. The lowest BCUT2D eigenvalue weighted by Gasteiger charge is -2.11. The van der Waals surface area contributed by atoms with Gasteiger partial charge in [-0.15, -0.1) is 0 Å². The number of unbranched alkanes of at least 4 members (excludes halogenated alkanes) is 5. The summed E-state index contributed by atoms with van der Waals surface area (Å²) >= 11 is 0. The van der Waals surface area contributed by atoms with E-state index in [4.69, 9.17) is 9.47 Å². The summed E-state index contributed by atoms with van der Waals surface area (Å²) in [6, 6.07) is 20.7. The lowest BCUT2D eigenvalue weighted by molar-refractivity contribution is 0.0728. The summed E-state index contributed by atoms with van der Waals surface area (Å²) in [7, 11) is 0. The number of halogens is 3. The van der Waals surface area contributed by atoms with Crippen molar-refractivity contribution in [2.45, 2.75) is 52.4 Å². The Labute approximate surface area is 233 Å². The van der Waals surface area contributed by atoms with Crippen LogP contribution in [-0.2, 0) is 0 Å². The fourth-order valence-corrected chi connectivity index (χ4v) is 4.40.